The van der Waals surface area contributed by atoms with Crippen LogP contribution in [0.15, 0.2) is 60.8 Å². The molecule has 0 saturated heterocycles. The minimum atomic E-state index is -0.266. The van der Waals surface area contributed by atoms with E-state index in [4.69, 9.17) is 0 Å². The zero-order valence-electron chi connectivity index (χ0n) is 13.8. The van der Waals surface area contributed by atoms with Crippen molar-refractivity contribution in [3.05, 3.63) is 83.2 Å². The number of carbonyl (C=O) groups is 3. The van der Waals surface area contributed by atoms with Crippen LogP contribution in [0.1, 0.15) is 36.8 Å². The lowest BCUT2D eigenvalue weighted by Crippen LogP contribution is -2.41. The Morgan fingerprint density at radius 3 is 2.35 bits per heavy atom. The molecule has 0 spiro atoms. The summed E-state index contributed by atoms with van der Waals surface area (Å²) in [6.45, 7) is 0.970. The molecule has 4 rings (SSSR count). The molecule has 0 N–H and O–H groups in total. The Bertz CT molecular complexity index is 991. The number of nitrogens with zero attached hydrogens (tertiary/aromatic N) is 3. The number of aromatic nitrogens is 2. The molecule has 2 aromatic carbocycles. The lowest BCUT2D eigenvalue weighted by atomic mass is 10.0. The fourth-order valence-corrected chi connectivity index (χ4v) is 3.11. The van der Waals surface area contributed by atoms with E-state index < -0.39 is 0 Å². The number of carbonyl (C=O) groups excluding carboxylic acids is 3. The number of hydrogen-bond donors (Lipinski definition) is 0. The van der Waals surface area contributed by atoms with Gasteiger partial charge in [-0.3, -0.25) is 19.1 Å². The van der Waals surface area contributed by atoms with Crippen LogP contribution in [0.3, 0.4) is 0 Å². The van der Waals surface area contributed by atoms with Crippen molar-refractivity contribution in [2.24, 2.45) is 0 Å². The average Bonchev–Trinajstić information content (AvgIpc) is 3.13. The van der Waals surface area contributed by atoms with E-state index in [0.717, 1.165) is 0 Å². The highest BCUT2D eigenvalue weighted by Crippen LogP contribution is 2.23. The fourth-order valence-electron chi connectivity index (χ4n) is 3.11. The van der Waals surface area contributed by atoms with Gasteiger partial charge in [0.15, 0.2) is 12.1 Å². The van der Waals surface area contributed by atoms with Gasteiger partial charge in [0.1, 0.15) is 5.69 Å². The molecule has 0 fully saturated rings. The highest BCUT2D eigenvalue weighted by Gasteiger charge is 2.29. The molecule has 1 aliphatic heterocycles. The van der Waals surface area contributed by atoms with Crippen molar-refractivity contribution in [3.8, 4) is 0 Å². The Morgan fingerprint density at radius 2 is 1.65 bits per heavy atom. The average molecular weight is 345 g/mol. The Hall–Kier alpha value is -3.54. The monoisotopic (exact) mass is 345 g/mol. The van der Waals surface area contributed by atoms with Crippen molar-refractivity contribution in [1.29, 1.82) is 0 Å². The summed E-state index contributed by atoms with van der Waals surface area (Å²) in [5.41, 5.74) is 2.45. The number of ketones is 1. The van der Waals surface area contributed by atoms with Crippen LogP contribution in [0.5, 0.6) is 0 Å². The van der Waals surface area contributed by atoms with Crippen molar-refractivity contribution in [1.82, 2.24) is 9.78 Å². The molecule has 2 heterocycles. The Balaban J connectivity index is 1.61. The van der Waals surface area contributed by atoms with Crippen molar-refractivity contribution in [2.75, 3.05) is 11.4 Å². The van der Waals surface area contributed by atoms with Gasteiger partial charge in [-0.2, -0.15) is 5.10 Å². The number of fused-ring (bicyclic) bond motifs is 1. The number of anilines is 1. The van der Waals surface area contributed by atoms with E-state index in [2.05, 4.69) is 5.10 Å². The first-order chi connectivity index (χ1) is 12.7. The normalized spacial score (nSPS) is 13.4. The summed E-state index contributed by atoms with van der Waals surface area (Å²) in [6, 6.07) is 16.0. The topological polar surface area (TPSA) is 72.3 Å². The summed E-state index contributed by atoms with van der Waals surface area (Å²) in [5.74, 6) is -0.332. The third kappa shape index (κ3) is 2.61. The van der Waals surface area contributed by atoms with Gasteiger partial charge in [-0.05, 0) is 24.3 Å². The van der Waals surface area contributed by atoms with E-state index in [9.17, 15) is 14.4 Å². The highest BCUT2D eigenvalue weighted by molar-refractivity contribution is 6.11. The molecular formula is C20H15N3O3. The van der Waals surface area contributed by atoms with Gasteiger partial charge in [-0.1, -0.05) is 30.3 Å². The van der Waals surface area contributed by atoms with Gasteiger partial charge < -0.3 is 4.90 Å². The summed E-state index contributed by atoms with van der Waals surface area (Å²) >= 11 is 0. The molecule has 1 aliphatic rings. The SMILES string of the molecule is O=Cc1cnn2c1C(=O)N(c1ccc(C(=O)c3ccccc3)cc1)CC2. The van der Waals surface area contributed by atoms with E-state index in [-0.39, 0.29) is 17.3 Å². The molecule has 26 heavy (non-hydrogen) atoms. The number of rotatable bonds is 4. The third-order valence-corrected chi connectivity index (χ3v) is 4.46. The van der Waals surface area contributed by atoms with Crippen molar-refractivity contribution < 1.29 is 14.4 Å². The minimum Gasteiger partial charge on any atom is -0.305 e. The molecule has 1 aromatic heterocycles. The first-order valence-electron chi connectivity index (χ1n) is 8.21. The standard InChI is InChI=1S/C20H15N3O3/c24-13-16-12-21-23-11-10-22(20(26)18(16)23)17-8-6-15(7-9-17)19(25)14-4-2-1-3-5-14/h1-9,12-13H,10-11H2. The molecule has 0 atom stereocenters. The van der Waals surface area contributed by atoms with Crippen LogP contribution in [-0.4, -0.2) is 34.3 Å². The molecular weight excluding hydrogens is 330 g/mol. The Kier molecular flexibility index (Phi) is 3.93. The molecule has 6 nitrogen and oxygen atoms in total. The summed E-state index contributed by atoms with van der Waals surface area (Å²) < 4.78 is 1.55. The van der Waals surface area contributed by atoms with Crippen LogP contribution in [0, 0.1) is 0 Å². The van der Waals surface area contributed by atoms with Crippen LogP contribution in [0.4, 0.5) is 5.69 Å². The summed E-state index contributed by atoms with van der Waals surface area (Å²) in [6.07, 6.45) is 2.05. The van der Waals surface area contributed by atoms with Crippen molar-refractivity contribution in [3.63, 3.8) is 0 Å². The highest BCUT2D eigenvalue weighted by atomic mass is 16.2. The van der Waals surface area contributed by atoms with Crippen LogP contribution >= 0.6 is 0 Å². The lowest BCUT2D eigenvalue weighted by molar-refractivity contribution is 0.0956. The van der Waals surface area contributed by atoms with Crippen LogP contribution in [0.2, 0.25) is 0 Å². The smallest absolute Gasteiger partial charge is 0.277 e. The summed E-state index contributed by atoms with van der Waals surface area (Å²) in [5, 5.41) is 4.07. The van der Waals surface area contributed by atoms with Gasteiger partial charge >= 0.3 is 0 Å². The molecule has 1 amide bonds. The second-order valence-electron chi connectivity index (χ2n) is 5.99. The van der Waals surface area contributed by atoms with E-state index in [1.54, 1.807) is 46.0 Å². The number of amides is 1. The maximum atomic E-state index is 12.7. The molecule has 6 heteroatoms. The molecule has 0 saturated carbocycles. The molecule has 0 bridgehead atoms. The van der Waals surface area contributed by atoms with Crippen molar-refractivity contribution >= 4 is 23.7 Å². The van der Waals surface area contributed by atoms with Crippen LogP contribution in [-0.2, 0) is 6.54 Å². The molecule has 128 valence electrons. The zero-order valence-corrected chi connectivity index (χ0v) is 13.8. The van der Waals surface area contributed by atoms with Crippen LogP contribution < -0.4 is 4.90 Å². The van der Waals surface area contributed by atoms with E-state index in [0.29, 0.717) is 41.9 Å². The predicted molar refractivity (Wildman–Crippen MR) is 95.6 cm³/mol. The quantitative estimate of drug-likeness (QED) is 0.538. The fraction of sp³-hybridized carbons (Fsp3) is 0.100. The van der Waals surface area contributed by atoms with E-state index >= 15 is 0 Å². The summed E-state index contributed by atoms with van der Waals surface area (Å²) in [4.78, 5) is 37.9. The van der Waals surface area contributed by atoms with Crippen molar-refractivity contribution in [2.45, 2.75) is 6.54 Å². The van der Waals surface area contributed by atoms with Gasteiger partial charge in [0.2, 0.25) is 0 Å². The predicted octanol–water partition coefficient (Wildman–Crippen LogP) is 2.59. The Morgan fingerprint density at radius 1 is 0.962 bits per heavy atom. The maximum absolute atomic E-state index is 12.7. The lowest BCUT2D eigenvalue weighted by Gasteiger charge is -2.28. The third-order valence-electron chi connectivity index (χ3n) is 4.46. The maximum Gasteiger partial charge on any atom is 0.277 e. The van der Waals surface area contributed by atoms with Crippen LogP contribution in [0.25, 0.3) is 0 Å². The number of benzene rings is 2. The minimum absolute atomic E-state index is 0.0663. The number of hydrogen-bond acceptors (Lipinski definition) is 4. The largest absolute Gasteiger partial charge is 0.305 e. The first kappa shape index (κ1) is 16.0. The zero-order chi connectivity index (χ0) is 18.1. The van der Waals surface area contributed by atoms with E-state index in [1.807, 2.05) is 18.2 Å². The van der Waals surface area contributed by atoms with Gasteiger partial charge in [0.05, 0.1) is 18.3 Å². The molecule has 3 aromatic rings. The van der Waals surface area contributed by atoms with E-state index in [1.165, 1.54) is 6.20 Å². The van der Waals surface area contributed by atoms with Gasteiger partial charge in [-0.15, -0.1) is 0 Å². The van der Waals surface area contributed by atoms with Gasteiger partial charge in [-0.25, -0.2) is 0 Å². The second kappa shape index (κ2) is 6.40. The molecule has 0 aliphatic carbocycles. The summed E-state index contributed by atoms with van der Waals surface area (Å²) in [7, 11) is 0. The van der Waals surface area contributed by atoms with Gasteiger partial charge in [0.25, 0.3) is 5.91 Å². The second-order valence-corrected chi connectivity index (χ2v) is 5.99. The first-order valence-corrected chi connectivity index (χ1v) is 8.21. The molecule has 0 unspecified atom stereocenters. The number of aldehydes is 1. The molecule has 0 radical (unpaired) electrons. The Labute approximate surface area is 149 Å². The van der Waals surface area contributed by atoms with Gasteiger partial charge in [0, 0.05) is 23.4 Å².